The van der Waals surface area contributed by atoms with Gasteiger partial charge in [0.25, 0.3) is 0 Å². The molecule has 2 aromatic heterocycles. The number of nitrogens with one attached hydrogen (secondary N) is 1. The molecule has 6 heteroatoms. The highest BCUT2D eigenvalue weighted by Crippen LogP contribution is 2.45. The average molecular weight is 300 g/mol. The summed E-state index contributed by atoms with van der Waals surface area (Å²) in [6, 6.07) is 2.32. The SMILES string of the molecule is COc1cnccc1-c1noc([C@@]23CCCC[C@@H]2NCC3)n1. The van der Waals surface area contributed by atoms with Crippen molar-refractivity contribution in [3.05, 3.63) is 24.4 Å². The molecule has 1 saturated heterocycles. The predicted molar refractivity (Wildman–Crippen MR) is 80.6 cm³/mol. The molecule has 6 nitrogen and oxygen atoms in total. The van der Waals surface area contributed by atoms with Gasteiger partial charge in [-0.25, -0.2) is 0 Å². The Bertz CT molecular complexity index is 672. The number of ether oxygens (including phenoxy) is 1. The summed E-state index contributed by atoms with van der Waals surface area (Å²) in [4.78, 5) is 8.79. The van der Waals surface area contributed by atoms with Crippen LogP contribution in [-0.4, -0.2) is 34.8 Å². The van der Waals surface area contributed by atoms with Crippen molar-refractivity contribution in [1.29, 1.82) is 0 Å². The minimum Gasteiger partial charge on any atom is -0.494 e. The van der Waals surface area contributed by atoms with E-state index in [1.165, 1.54) is 19.3 Å². The molecule has 3 heterocycles. The number of rotatable bonds is 3. The van der Waals surface area contributed by atoms with Crippen molar-refractivity contribution in [2.24, 2.45) is 0 Å². The van der Waals surface area contributed by atoms with E-state index in [1.807, 2.05) is 6.07 Å². The Balaban J connectivity index is 1.72. The van der Waals surface area contributed by atoms with E-state index in [1.54, 1.807) is 19.5 Å². The Kier molecular flexibility index (Phi) is 3.33. The lowest BCUT2D eigenvalue weighted by Crippen LogP contribution is -2.43. The van der Waals surface area contributed by atoms with Gasteiger partial charge in [0.05, 0.1) is 24.3 Å². The van der Waals surface area contributed by atoms with Gasteiger partial charge in [0, 0.05) is 12.2 Å². The van der Waals surface area contributed by atoms with Gasteiger partial charge in [-0.2, -0.15) is 4.98 Å². The van der Waals surface area contributed by atoms with Crippen molar-refractivity contribution < 1.29 is 9.26 Å². The van der Waals surface area contributed by atoms with Gasteiger partial charge in [-0.05, 0) is 31.9 Å². The molecule has 1 saturated carbocycles. The molecule has 0 amide bonds. The van der Waals surface area contributed by atoms with Gasteiger partial charge < -0.3 is 14.6 Å². The third kappa shape index (κ3) is 2.01. The van der Waals surface area contributed by atoms with Crippen molar-refractivity contribution in [3.63, 3.8) is 0 Å². The smallest absolute Gasteiger partial charge is 0.234 e. The maximum Gasteiger partial charge on any atom is 0.234 e. The molecular formula is C16H20N4O2. The summed E-state index contributed by atoms with van der Waals surface area (Å²) in [6.45, 7) is 1.03. The summed E-state index contributed by atoms with van der Waals surface area (Å²) >= 11 is 0. The maximum atomic E-state index is 5.69. The van der Waals surface area contributed by atoms with Gasteiger partial charge in [-0.15, -0.1) is 0 Å². The lowest BCUT2D eigenvalue weighted by Gasteiger charge is -2.35. The molecule has 22 heavy (non-hydrogen) atoms. The Morgan fingerprint density at radius 3 is 3.23 bits per heavy atom. The van der Waals surface area contributed by atoms with Gasteiger partial charge in [0.2, 0.25) is 11.7 Å². The molecule has 0 aromatic carbocycles. The minimum atomic E-state index is 0.0176. The second-order valence-electron chi connectivity index (χ2n) is 6.16. The molecule has 0 spiro atoms. The van der Waals surface area contributed by atoms with Crippen LogP contribution < -0.4 is 10.1 Å². The Labute approximate surface area is 129 Å². The van der Waals surface area contributed by atoms with Crippen LogP contribution >= 0.6 is 0 Å². The first-order chi connectivity index (χ1) is 10.8. The highest BCUT2D eigenvalue weighted by Gasteiger charge is 2.49. The summed E-state index contributed by atoms with van der Waals surface area (Å²) in [5, 5.41) is 7.81. The number of pyridine rings is 1. The van der Waals surface area contributed by atoms with Gasteiger partial charge in [-0.1, -0.05) is 18.0 Å². The molecule has 0 radical (unpaired) electrons. The molecule has 1 aliphatic heterocycles. The molecule has 2 atom stereocenters. The summed E-state index contributed by atoms with van der Waals surface area (Å²) in [6.07, 6.45) is 9.28. The molecule has 0 bridgehead atoms. The van der Waals surface area contributed by atoms with Crippen molar-refractivity contribution in [3.8, 4) is 17.1 Å². The molecule has 2 aliphatic rings. The van der Waals surface area contributed by atoms with E-state index in [2.05, 4.69) is 15.5 Å². The number of hydrogen-bond donors (Lipinski definition) is 1. The fourth-order valence-electron chi connectivity index (χ4n) is 3.93. The molecule has 0 unspecified atom stereocenters. The van der Waals surface area contributed by atoms with Gasteiger partial charge >= 0.3 is 0 Å². The van der Waals surface area contributed by atoms with Gasteiger partial charge in [-0.3, -0.25) is 4.98 Å². The topological polar surface area (TPSA) is 73.1 Å². The number of hydrogen-bond acceptors (Lipinski definition) is 6. The highest BCUT2D eigenvalue weighted by molar-refractivity contribution is 5.62. The minimum absolute atomic E-state index is 0.0176. The van der Waals surface area contributed by atoms with E-state index in [4.69, 9.17) is 14.2 Å². The predicted octanol–water partition coefficient (Wildman–Crippen LogP) is 2.31. The van der Waals surface area contributed by atoms with Crippen LogP contribution in [0.3, 0.4) is 0 Å². The molecule has 1 aliphatic carbocycles. The van der Waals surface area contributed by atoms with E-state index >= 15 is 0 Å². The summed E-state index contributed by atoms with van der Waals surface area (Å²) < 4.78 is 11.0. The van der Waals surface area contributed by atoms with Crippen LogP contribution in [-0.2, 0) is 5.41 Å². The van der Waals surface area contributed by atoms with E-state index in [0.717, 1.165) is 30.8 Å². The number of aromatic nitrogens is 3. The third-order valence-corrected chi connectivity index (χ3v) is 5.09. The molecule has 2 fully saturated rings. The average Bonchev–Trinajstić information content (AvgIpc) is 3.22. The third-order valence-electron chi connectivity index (χ3n) is 5.09. The largest absolute Gasteiger partial charge is 0.494 e. The van der Waals surface area contributed by atoms with Crippen LogP contribution in [0.25, 0.3) is 11.4 Å². The highest BCUT2D eigenvalue weighted by atomic mass is 16.5. The maximum absolute atomic E-state index is 5.69. The zero-order valence-electron chi connectivity index (χ0n) is 12.7. The lowest BCUT2D eigenvalue weighted by atomic mass is 9.70. The Morgan fingerprint density at radius 2 is 2.32 bits per heavy atom. The number of methoxy groups -OCH3 is 1. The fraction of sp³-hybridized carbons (Fsp3) is 0.562. The van der Waals surface area contributed by atoms with Crippen molar-refractivity contribution in [1.82, 2.24) is 20.4 Å². The van der Waals surface area contributed by atoms with E-state index in [9.17, 15) is 0 Å². The van der Waals surface area contributed by atoms with Crippen molar-refractivity contribution >= 4 is 0 Å². The normalized spacial score (nSPS) is 27.6. The van der Waals surface area contributed by atoms with Gasteiger partial charge in [0.15, 0.2) is 0 Å². The van der Waals surface area contributed by atoms with Crippen molar-refractivity contribution in [2.45, 2.75) is 43.6 Å². The van der Waals surface area contributed by atoms with Crippen LogP contribution in [0, 0.1) is 0 Å². The zero-order valence-corrected chi connectivity index (χ0v) is 12.7. The van der Waals surface area contributed by atoms with Crippen molar-refractivity contribution in [2.75, 3.05) is 13.7 Å². The van der Waals surface area contributed by atoms with E-state index < -0.39 is 0 Å². The summed E-state index contributed by atoms with van der Waals surface area (Å²) in [5.74, 6) is 2.02. The van der Waals surface area contributed by atoms with Crippen LogP contribution in [0.1, 0.15) is 38.0 Å². The molecule has 4 rings (SSSR count). The van der Waals surface area contributed by atoms with Crippen LogP contribution in [0.4, 0.5) is 0 Å². The molecule has 2 aromatic rings. The van der Waals surface area contributed by atoms with Crippen LogP contribution in [0.15, 0.2) is 23.0 Å². The molecule has 116 valence electrons. The standard InChI is InChI=1S/C16H20N4O2/c1-21-12-10-17-8-5-11(12)14-19-15(22-20-14)16-6-3-2-4-13(16)18-9-7-16/h5,8,10,13,18H,2-4,6-7,9H2,1H3/t13-,16+/m0/s1. The van der Waals surface area contributed by atoms with E-state index in [-0.39, 0.29) is 5.41 Å². The Morgan fingerprint density at radius 1 is 1.36 bits per heavy atom. The fourth-order valence-corrected chi connectivity index (χ4v) is 3.93. The lowest BCUT2D eigenvalue weighted by molar-refractivity contribution is 0.199. The van der Waals surface area contributed by atoms with Crippen LogP contribution in [0.2, 0.25) is 0 Å². The quantitative estimate of drug-likeness (QED) is 0.937. The van der Waals surface area contributed by atoms with Crippen LogP contribution in [0.5, 0.6) is 5.75 Å². The zero-order chi connectivity index (χ0) is 15.0. The molecule has 1 N–H and O–H groups in total. The second kappa shape index (κ2) is 5.35. The first kappa shape index (κ1) is 13.7. The Hall–Kier alpha value is -1.95. The first-order valence-electron chi connectivity index (χ1n) is 7.89. The number of fused-ring (bicyclic) bond motifs is 1. The number of nitrogens with zero attached hydrogens (tertiary/aromatic N) is 3. The first-order valence-corrected chi connectivity index (χ1v) is 7.89. The molecular weight excluding hydrogens is 280 g/mol. The van der Waals surface area contributed by atoms with Gasteiger partial charge in [0.1, 0.15) is 5.75 Å². The second-order valence-corrected chi connectivity index (χ2v) is 6.16. The summed E-state index contributed by atoms with van der Waals surface area (Å²) in [7, 11) is 1.62. The van der Waals surface area contributed by atoms with E-state index in [0.29, 0.717) is 17.6 Å². The monoisotopic (exact) mass is 300 g/mol. The summed E-state index contributed by atoms with van der Waals surface area (Å²) in [5.41, 5.74) is 0.839.